The van der Waals surface area contributed by atoms with Gasteiger partial charge >= 0.3 is 0 Å². The molecule has 150 valence electrons. The van der Waals surface area contributed by atoms with Gasteiger partial charge in [0.25, 0.3) is 15.9 Å². The Morgan fingerprint density at radius 3 is 2.34 bits per heavy atom. The summed E-state index contributed by atoms with van der Waals surface area (Å²) in [5.41, 5.74) is 1.24. The first-order valence-corrected chi connectivity index (χ1v) is 11.5. The summed E-state index contributed by atoms with van der Waals surface area (Å²) in [4.78, 5) is 24.2. The molecule has 2 aromatic carbocycles. The highest BCUT2D eigenvalue weighted by Crippen LogP contribution is 2.21. The minimum atomic E-state index is -3.65. The van der Waals surface area contributed by atoms with Crippen molar-refractivity contribution < 1.29 is 18.0 Å². The van der Waals surface area contributed by atoms with Crippen molar-refractivity contribution in [2.24, 2.45) is 0 Å². The van der Waals surface area contributed by atoms with Crippen LogP contribution < -0.4 is 15.4 Å². The van der Waals surface area contributed by atoms with E-state index in [4.69, 9.17) is 0 Å². The molecule has 0 aliphatic heterocycles. The van der Waals surface area contributed by atoms with Crippen molar-refractivity contribution >= 4 is 60.5 Å². The minimum absolute atomic E-state index is 0.201. The maximum Gasteiger partial charge on any atom is 0.271 e. The second-order valence-electron chi connectivity index (χ2n) is 5.83. The number of thiophene rings is 1. The second-order valence-corrected chi connectivity index (χ2v) is 9.54. The first-order chi connectivity index (χ1) is 13.8. The lowest BCUT2D eigenvalue weighted by Gasteiger charge is -2.09. The van der Waals surface area contributed by atoms with E-state index in [1.54, 1.807) is 29.6 Å². The number of carbonyl (C=O) groups is 2. The van der Waals surface area contributed by atoms with Crippen LogP contribution in [0.1, 0.15) is 10.4 Å². The maximum absolute atomic E-state index is 12.2. The van der Waals surface area contributed by atoms with Gasteiger partial charge in [0.05, 0.1) is 12.2 Å². The molecule has 2 amide bonds. The molecule has 7 nitrogen and oxygen atoms in total. The van der Waals surface area contributed by atoms with E-state index in [-0.39, 0.29) is 16.7 Å². The van der Waals surface area contributed by atoms with Crippen molar-refractivity contribution in [2.75, 3.05) is 16.6 Å². The fourth-order valence-electron chi connectivity index (χ4n) is 2.33. The summed E-state index contributed by atoms with van der Waals surface area (Å²) < 4.78 is 27.8. The van der Waals surface area contributed by atoms with E-state index >= 15 is 0 Å². The number of carbonyl (C=O) groups excluding carboxylic acids is 2. The normalized spacial score (nSPS) is 10.9. The van der Waals surface area contributed by atoms with Gasteiger partial charge in [0.1, 0.15) is 4.21 Å². The lowest BCUT2D eigenvalue weighted by Crippen LogP contribution is -2.32. The minimum Gasteiger partial charge on any atom is -0.343 e. The Hall–Kier alpha value is -2.69. The first-order valence-electron chi connectivity index (χ1n) is 8.34. The smallest absolute Gasteiger partial charge is 0.271 e. The van der Waals surface area contributed by atoms with Gasteiger partial charge in [0, 0.05) is 15.7 Å². The molecule has 3 rings (SSSR count). The number of para-hydroxylation sites is 1. The number of amides is 2. The molecule has 0 radical (unpaired) electrons. The Morgan fingerprint density at radius 2 is 1.69 bits per heavy atom. The van der Waals surface area contributed by atoms with Crippen molar-refractivity contribution in [1.82, 2.24) is 5.32 Å². The Labute approximate surface area is 180 Å². The van der Waals surface area contributed by atoms with Crippen molar-refractivity contribution in [2.45, 2.75) is 4.21 Å². The summed E-state index contributed by atoms with van der Waals surface area (Å²) in [6, 6.07) is 16.2. The highest BCUT2D eigenvalue weighted by Gasteiger charge is 2.15. The quantitative estimate of drug-likeness (QED) is 0.466. The Balaban J connectivity index is 1.55. The Morgan fingerprint density at radius 1 is 0.966 bits per heavy atom. The number of rotatable bonds is 7. The average molecular weight is 494 g/mol. The number of benzene rings is 2. The number of nitrogens with one attached hydrogen (secondary N) is 3. The van der Waals surface area contributed by atoms with E-state index in [1.807, 2.05) is 6.07 Å². The Bertz CT molecular complexity index is 1110. The summed E-state index contributed by atoms with van der Waals surface area (Å²) in [7, 11) is -3.65. The van der Waals surface area contributed by atoms with Gasteiger partial charge in [-0.05, 0) is 63.8 Å². The van der Waals surface area contributed by atoms with Gasteiger partial charge < -0.3 is 10.6 Å². The molecule has 0 bridgehead atoms. The van der Waals surface area contributed by atoms with E-state index in [0.717, 1.165) is 15.8 Å². The molecular formula is C19H16BrN3O4S2. The SMILES string of the molecule is O=C(CNC(=O)c1ccc(NS(=O)(=O)c2cccs2)cc1)Nc1ccccc1Br. The van der Waals surface area contributed by atoms with Gasteiger partial charge in [-0.1, -0.05) is 18.2 Å². The molecule has 0 aliphatic rings. The second kappa shape index (κ2) is 9.21. The largest absolute Gasteiger partial charge is 0.343 e. The van der Waals surface area contributed by atoms with E-state index < -0.39 is 15.9 Å². The van der Waals surface area contributed by atoms with Gasteiger partial charge in [-0.3, -0.25) is 14.3 Å². The summed E-state index contributed by atoms with van der Waals surface area (Å²) in [5.74, 6) is -0.814. The van der Waals surface area contributed by atoms with Crippen molar-refractivity contribution in [1.29, 1.82) is 0 Å². The lowest BCUT2D eigenvalue weighted by molar-refractivity contribution is -0.115. The van der Waals surface area contributed by atoms with E-state index in [2.05, 4.69) is 31.3 Å². The zero-order valence-corrected chi connectivity index (χ0v) is 18.1. The van der Waals surface area contributed by atoms with Gasteiger partial charge in [-0.15, -0.1) is 11.3 Å². The Kier molecular flexibility index (Phi) is 6.68. The van der Waals surface area contributed by atoms with Gasteiger partial charge in [-0.2, -0.15) is 0 Å². The number of hydrogen-bond donors (Lipinski definition) is 3. The molecule has 0 fully saturated rings. The molecule has 0 atom stereocenters. The van der Waals surface area contributed by atoms with E-state index in [0.29, 0.717) is 16.9 Å². The molecule has 0 saturated carbocycles. The number of halogens is 1. The molecule has 0 saturated heterocycles. The fourth-order valence-corrected chi connectivity index (χ4v) is 4.77. The third-order valence-electron chi connectivity index (χ3n) is 3.72. The van der Waals surface area contributed by atoms with Crippen LogP contribution in [0.15, 0.2) is 74.7 Å². The van der Waals surface area contributed by atoms with Crippen LogP contribution in [0, 0.1) is 0 Å². The zero-order valence-electron chi connectivity index (χ0n) is 14.9. The number of hydrogen-bond acceptors (Lipinski definition) is 5. The molecular weight excluding hydrogens is 478 g/mol. The van der Waals surface area contributed by atoms with E-state index in [9.17, 15) is 18.0 Å². The van der Waals surface area contributed by atoms with Crippen LogP contribution in [-0.4, -0.2) is 26.8 Å². The molecule has 0 spiro atoms. The summed E-state index contributed by atoms with van der Waals surface area (Å²) in [5, 5.41) is 6.89. The van der Waals surface area contributed by atoms with Crippen LogP contribution in [0.25, 0.3) is 0 Å². The summed E-state index contributed by atoms with van der Waals surface area (Å²) in [6.45, 7) is -0.201. The van der Waals surface area contributed by atoms with Crippen LogP contribution in [-0.2, 0) is 14.8 Å². The molecule has 0 aliphatic carbocycles. The van der Waals surface area contributed by atoms with E-state index in [1.165, 1.54) is 30.3 Å². The zero-order chi connectivity index (χ0) is 20.9. The fraction of sp³-hybridized carbons (Fsp3) is 0.0526. The number of sulfonamides is 1. The summed E-state index contributed by atoms with van der Waals surface area (Å²) in [6.07, 6.45) is 0. The van der Waals surface area contributed by atoms with Crippen molar-refractivity contribution in [3.05, 3.63) is 76.1 Å². The number of anilines is 2. The maximum atomic E-state index is 12.2. The van der Waals surface area contributed by atoms with Gasteiger partial charge in [0.2, 0.25) is 5.91 Å². The molecule has 1 aromatic heterocycles. The van der Waals surface area contributed by atoms with Gasteiger partial charge in [-0.25, -0.2) is 8.42 Å². The molecule has 3 aromatic rings. The third kappa shape index (κ3) is 5.66. The molecule has 29 heavy (non-hydrogen) atoms. The topological polar surface area (TPSA) is 104 Å². The predicted molar refractivity (Wildman–Crippen MR) is 117 cm³/mol. The van der Waals surface area contributed by atoms with Crippen LogP contribution in [0.2, 0.25) is 0 Å². The first kappa shape index (κ1) is 21.0. The van der Waals surface area contributed by atoms with Crippen LogP contribution in [0.3, 0.4) is 0 Å². The van der Waals surface area contributed by atoms with Gasteiger partial charge in [0.15, 0.2) is 0 Å². The monoisotopic (exact) mass is 493 g/mol. The third-order valence-corrected chi connectivity index (χ3v) is 7.19. The summed E-state index contributed by atoms with van der Waals surface area (Å²) >= 11 is 4.44. The predicted octanol–water partition coefficient (Wildman–Crippen LogP) is 3.68. The standard InChI is InChI=1S/C19H16BrN3O4S2/c20-15-4-1-2-5-16(15)22-17(24)12-21-19(25)13-7-9-14(10-8-13)23-29(26,27)18-6-3-11-28-18/h1-11,23H,12H2,(H,21,25)(H,22,24). The molecule has 3 N–H and O–H groups in total. The highest BCUT2D eigenvalue weighted by molar-refractivity contribution is 9.10. The molecule has 1 heterocycles. The van der Waals surface area contributed by atoms with Crippen LogP contribution in [0.5, 0.6) is 0 Å². The molecule has 10 heteroatoms. The molecule has 0 unspecified atom stereocenters. The lowest BCUT2D eigenvalue weighted by atomic mass is 10.2. The van der Waals surface area contributed by atoms with Crippen LogP contribution >= 0.6 is 27.3 Å². The highest BCUT2D eigenvalue weighted by atomic mass is 79.9. The van der Waals surface area contributed by atoms with Crippen molar-refractivity contribution in [3.8, 4) is 0 Å². The average Bonchev–Trinajstić information content (AvgIpc) is 3.24. The van der Waals surface area contributed by atoms with Crippen molar-refractivity contribution in [3.63, 3.8) is 0 Å². The van der Waals surface area contributed by atoms with Crippen LogP contribution in [0.4, 0.5) is 11.4 Å².